The molecule has 0 radical (unpaired) electrons. The molecule has 2 aromatic rings. The lowest BCUT2D eigenvalue weighted by molar-refractivity contribution is 0.0740. The normalized spacial score (nSPS) is 16.0. The predicted octanol–water partition coefficient (Wildman–Crippen LogP) is 2.81. The van der Waals surface area contributed by atoms with E-state index in [2.05, 4.69) is 9.88 Å². The summed E-state index contributed by atoms with van der Waals surface area (Å²) in [7, 11) is -4.53. The molecular weight excluding hydrogens is 470 g/mol. The van der Waals surface area contributed by atoms with Crippen LogP contribution in [0.1, 0.15) is 38.1 Å². The molecule has 8 nitrogen and oxygen atoms in total. The summed E-state index contributed by atoms with van der Waals surface area (Å²) in [5, 5.41) is 0.826. The molecule has 176 valence electrons. The fourth-order valence-corrected chi connectivity index (χ4v) is 6.36. The summed E-state index contributed by atoms with van der Waals surface area (Å²) in [6.07, 6.45) is 2.63. The summed E-state index contributed by atoms with van der Waals surface area (Å²) in [6.45, 7) is 9.62. The van der Waals surface area contributed by atoms with E-state index in [9.17, 15) is 17.4 Å². The van der Waals surface area contributed by atoms with Crippen LogP contribution in [0.4, 0.5) is 5.13 Å². The van der Waals surface area contributed by atoms with Gasteiger partial charge in [-0.2, -0.15) is 0 Å². The number of piperazine rings is 1. The number of thiazole rings is 1. The lowest BCUT2D eigenvalue weighted by Crippen LogP contribution is -2.48. The van der Waals surface area contributed by atoms with Crippen LogP contribution < -0.4 is 9.64 Å². The molecule has 1 aliphatic rings. The molecule has 2 heterocycles. The van der Waals surface area contributed by atoms with E-state index in [1.807, 2.05) is 27.7 Å². The first kappa shape index (κ1) is 24.7. The number of hydrogen-bond donors (Lipinski definition) is 0. The smallest absolute Gasteiger partial charge is 0.257 e. The molecule has 1 saturated heterocycles. The third-order valence-electron chi connectivity index (χ3n) is 4.91. The summed E-state index contributed by atoms with van der Waals surface area (Å²) in [6, 6.07) is 4.41. The number of ether oxygens (including phenoxy) is 1. The highest BCUT2D eigenvalue weighted by atomic mass is 32.2. The third kappa shape index (κ3) is 5.68. The molecule has 1 amide bonds. The first-order valence-electron chi connectivity index (χ1n) is 10.4. The van der Waals surface area contributed by atoms with Crippen LogP contribution in [0.2, 0.25) is 0 Å². The summed E-state index contributed by atoms with van der Waals surface area (Å²) in [4.78, 5) is 21.6. The molecule has 0 aliphatic carbocycles. The van der Waals surface area contributed by atoms with Crippen molar-refractivity contribution in [3.8, 4) is 5.75 Å². The van der Waals surface area contributed by atoms with Gasteiger partial charge in [0.05, 0.1) is 33.6 Å². The minimum atomic E-state index is -3.46. The van der Waals surface area contributed by atoms with Crippen LogP contribution in [0.15, 0.2) is 33.5 Å². The maximum absolute atomic E-state index is 13.3. The highest BCUT2D eigenvalue weighted by molar-refractivity contribution is 7.90. The van der Waals surface area contributed by atoms with E-state index in [4.69, 9.17) is 4.74 Å². The largest absolute Gasteiger partial charge is 0.490 e. The minimum absolute atomic E-state index is 0.0303. The first-order valence-corrected chi connectivity index (χ1v) is 14.3. The van der Waals surface area contributed by atoms with Crippen molar-refractivity contribution in [2.45, 2.75) is 48.2 Å². The van der Waals surface area contributed by atoms with Gasteiger partial charge >= 0.3 is 0 Å². The van der Waals surface area contributed by atoms with Crippen LogP contribution in [-0.4, -0.2) is 72.2 Å². The van der Waals surface area contributed by atoms with E-state index in [1.165, 1.54) is 23.5 Å². The van der Waals surface area contributed by atoms with Gasteiger partial charge in [0.15, 0.2) is 15.0 Å². The highest BCUT2D eigenvalue weighted by Gasteiger charge is 2.27. The van der Waals surface area contributed by atoms with Crippen LogP contribution in [0.25, 0.3) is 0 Å². The van der Waals surface area contributed by atoms with E-state index >= 15 is 0 Å². The van der Waals surface area contributed by atoms with Gasteiger partial charge in [0.2, 0.25) is 0 Å². The van der Waals surface area contributed by atoms with Crippen LogP contribution >= 0.6 is 11.3 Å². The molecule has 0 N–H and O–H groups in total. The average molecular weight is 500 g/mol. The first-order chi connectivity index (χ1) is 15.0. The standard InChI is InChI=1S/C21H29N3O5S3/c1-14(2)29-18-7-6-16(32(5,27)28)12-17(18)20(25)23-8-10-24(11-9-23)21-22-13-19(30-21)31(26)15(3)4/h6-7,12-15H,8-11H2,1-5H3. The predicted molar refractivity (Wildman–Crippen MR) is 127 cm³/mol. The van der Waals surface area contributed by atoms with Gasteiger partial charge in [0.1, 0.15) is 9.96 Å². The van der Waals surface area contributed by atoms with Gasteiger partial charge in [-0.05, 0) is 32.0 Å². The van der Waals surface area contributed by atoms with Gasteiger partial charge in [0.25, 0.3) is 5.91 Å². The number of carbonyl (C=O) groups is 1. The quantitative estimate of drug-likeness (QED) is 0.578. The van der Waals surface area contributed by atoms with E-state index in [0.717, 1.165) is 15.6 Å². The van der Waals surface area contributed by atoms with Crippen molar-refractivity contribution in [1.82, 2.24) is 9.88 Å². The Morgan fingerprint density at radius 2 is 1.81 bits per heavy atom. The van der Waals surface area contributed by atoms with E-state index in [-0.39, 0.29) is 27.7 Å². The van der Waals surface area contributed by atoms with E-state index in [1.54, 1.807) is 17.2 Å². The number of carbonyl (C=O) groups excluding carboxylic acids is 1. The molecule has 1 aromatic carbocycles. The third-order valence-corrected chi connectivity index (χ3v) is 8.97. The zero-order chi connectivity index (χ0) is 23.6. The summed E-state index contributed by atoms with van der Waals surface area (Å²) < 4.78 is 42.8. The fraction of sp³-hybridized carbons (Fsp3) is 0.524. The number of anilines is 1. The average Bonchev–Trinajstić information content (AvgIpc) is 3.22. The van der Waals surface area contributed by atoms with Crippen LogP contribution in [0.3, 0.4) is 0 Å². The Morgan fingerprint density at radius 1 is 1.16 bits per heavy atom. The van der Waals surface area contributed by atoms with Crippen molar-refractivity contribution in [2.24, 2.45) is 0 Å². The lowest BCUT2D eigenvalue weighted by Gasteiger charge is -2.35. The van der Waals surface area contributed by atoms with Crippen molar-refractivity contribution in [3.05, 3.63) is 30.0 Å². The Hall–Kier alpha value is -1.98. The van der Waals surface area contributed by atoms with Gasteiger partial charge < -0.3 is 14.5 Å². The number of benzene rings is 1. The molecule has 1 aliphatic heterocycles. The van der Waals surface area contributed by atoms with Gasteiger partial charge in [-0.25, -0.2) is 13.4 Å². The second-order valence-corrected chi connectivity index (χ2v) is 13.4. The topological polar surface area (TPSA) is 96.9 Å². The Balaban J connectivity index is 1.76. The molecule has 11 heteroatoms. The molecular formula is C21H29N3O5S3. The Kier molecular flexibility index (Phi) is 7.61. The number of sulfone groups is 1. The molecule has 0 bridgehead atoms. The number of amides is 1. The molecule has 1 unspecified atom stereocenters. The van der Waals surface area contributed by atoms with Crippen molar-refractivity contribution >= 4 is 43.0 Å². The molecule has 1 fully saturated rings. The SMILES string of the molecule is CC(C)Oc1ccc(S(C)(=O)=O)cc1C(=O)N1CCN(c2ncc(S(=O)C(C)C)s2)CC1. The maximum Gasteiger partial charge on any atom is 0.257 e. The van der Waals surface area contributed by atoms with Crippen LogP contribution in [0, 0.1) is 0 Å². The summed E-state index contributed by atoms with van der Waals surface area (Å²) in [5.74, 6) is 0.118. The number of rotatable bonds is 7. The van der Waals surface area contributed by atoms with Gasteiger partial charge in [-0.15, -0.1) is 0 Å². The van der Waals surface area contributed by atoms with Crippen molar-refractivity contribution in [3.63, 3.8) is 0 Å². The summed E-state index contributed by atoms with van der Waals surface area (Å²) in [5.41, 5.74) is 0.249. The zero-order valence-electron chi connectivity index (χ0n) is 18.9. The molecule has 0 spiro atoms. The number of nitrogens with zero attached hydrogens (tertiary/aromatic N) is 3. The molecule has 0 saturated carbocycles. The second-order valence-electron chi connectivity index (χ2n) is 8.18. The van der Waals surface area contributed by atoms with Gasteiger partial charge in [-0.3, -0.25) is 9.00 Å². The van der Waals surface area contributed by atoms with Gasteiger partial charge in [0, 0.05) is 37.7 Å². The Morgan fingerprint density at radius 3 is 2.38 bits per heavy atom. The Bertz CT molecular complexity index is 1100. The molecule has 32 heavy (non-hydrogen) atoms. The van der Waals surface area contributed by atoms with Crippen LogP contribution in [0.5, 0.6) is 5.75 Å². The molecule has 1 aromatic heterocycles. The van der Waals surface area contributed by atoms with Crippen LogP contribution in [-0.2, 0) is 20.6 Å². The van der Waals surface area contributed by atoms with E-state index in [0.29, 0.717) is 31.9 Å². The number of aromatic nitrogens is 1. The maximum atomic E-state index is 13.3. The number of hydrogen-bond acceptors (Lipinski definition) is 8. The second kappa shape index (κ2) is 9.88. The van der Waals surface area contributed by atoms with E-state index < -0.39 is 20.6 Å². The van der Waals surface area contributed by atoms with Crippen molar-refractivity contribution in [2.75, 3.05) is 37.3 Å². The summed E-state index contributed by atoms with van der Waals surface area (Å²) >= 11 is 1.42. The highest BCUT2D eigenvalue weighted by Crippen LogP contribution is 2.29. The Labute approximate surface area is 196 Å². The fourth-order valence-electron chi connectivity index (χ4n) is 3.26. The van der Waals surface area contributed by atoms with Crippen molar-refractivity contribution in [1.29, 1.82) is 0 Å². The molecule has 3 rings (SSSR count). The lowest BCUT2D eigenvalue weighted by atomic mass is 10.1. The molecule has 1 atom stereocenters. The van der Waals surface area contributed by atoms with Crippen molar-refractivity contribution < 1.29 is 22.2 Å². The zero-order valence-corrected chi connectivity index (χ0v) is 21.3. The monoisotopic (exact) mass is 499 g/mol. The minimum Gasteiger partial charge on any atom is -0.490 e. The van der Waals surface area contributed by atoms with Gasteiger partial charge in [-0.1, -0.05) is 25.2 Å².